The Morgan fingerprint density at radius 1 is 1.25 bits per heavy atom. The lowest BCUT2D eigenvalue weighted by Gasteiger charge is -2.36. The highest BCUT2D eigenvalue weighted by Crippen LogP contribution is 2.17. The van der Waals surface area contributed by atoms with Gasteiger partial charge in [-0.15, -0.1) is 0 Å². The van der Waals surface area contributed by atoms with Crippen molar-refractivity contribution in [3.8, 4) is 0 Å². The van der Waals surface area contributed by atoms with Gasteiger partial charge in [-0.3, -0.25) is 15.5 Å². The predicted molar refractivity (Wildman–Crippen MR) is 62.6 cm³/mol. The van der Waals surface area contributed by atoms with Crippen molar-refractivity contribution in [3.05, 3.63) is 0 Å². The first-order chi connectivity index (χ1) is 7.65. The zero-order chi connectivity index (χ0) is 11.5. The van der Waals surface area contributed by atoms with Crippen LogP contribution in [0, 0.1) is 5.92 Å². The van der Waals surface area contributed by atoms with Gasteiger partial charge in [-0.25, -0.2) is 5.01 Å². The van der Waals surface area contributed by atoms with E-state index in [1.165, 1.54) is 0 Å². The van der Waals surface area contributed by atoms with Gasteiger partial charge in [-0.1, -0.05) is 0 Å². The molecule has 2 saturated heterocycles. The van der Waals surface area contributed by atoms with E-state index < -0.39 is 0 Å². The molecule has 0 radical (unpaired) electrons. The molecule has 0 spiro atoms. The molecule has 0 aromatic carbocycles. The highest BCUT2D eigenvalue weighted by molar-refractivity contribution is 5.78. The zero-order valence-electron chi connectivity index (χ0n) is 10.1. The average molecular weight is 226 g/mol. The van der Waals surface area contributed by atoms with Crippen LogP contribution < -0.4 is 5.84 Å². The second kappa shape index (κ2) is 5.12. The van der Waals surface area contributed by atoms with Crippen molar-refractivity contribution in [2.24, 2.45) is 11.8 Å². The van der Waals surface area contributed by atoms with Gasteiger partial charge in [0, 0.05) is 39.8 Å². The molecule has 2 N–H and O–H groups in total. The van der Waals surface area contributed by atoms with Crippen molar-refractivity contribution in [1.29, 1.82) is 0 Å². The van der Waals surface area contributed by atoms with Gasteiger partial charge in [0.05, 0.1) is 6.54 Å². The molecule has 0 atom stereocenters. The molecule has 2 heterocycles. The van der Waals surface area contributed by atoms with Crippen molar-refractivity contribution in [3.63, 3.8) is 0 Å². The van der Waals surface area contributed by atoms with Crippen LogP contribution in [0.4, 0.5) is 0 Å². The molecule has 2 rings (SSSR count). The molecule has 0 bridgehead atoms. The Bertz CT molecular complexity index is 250. The summed E-state index contributed by atoms with van der Waals surface area (Å²) in [6, 6.07) is 0. The first-order valence-corrected chi connectivity index (χ1v) is 6.11. The first kappa shape index (κ1) is 11.8. The number of nitrogens with zero attached hydrogens (tertiary/aromatic N) is 3. The summed E-state index contributed by atoms with van der Waals surface area (Å²) in [5, 5.41) is 1.89. The molecule has 2 aliphatic heterocycles. The Balaban J connectivity index is 1.75. The molecule has 5 heteroatoms. The number of piperazine rings is 1. The Morgan fingerprint density at radius 3 is 2.56 bits per heavy atom. The van der Waals surface area contributed by atoms with E-state index in [1.54, 1.807) is 0 Å². The smallest absolute Gasteiger partial charge is 0.236 e. The van der Waals surface area contributed by atoms with E-state index in [1.807, 2.05) is 17.0 Å². The van der Waals surface area contributed by atoms with Gasteiger partial charge in [0.25, 0.3) is 0 Å². The molecule has 16 heavy (non-hydrogen) atoms. The van der Waals surface area contributed by atoms with E-state index >= 15 is 0 Å². The standard InChI is InChI=1S/C11H22N4O/c1-13-6-7-14(9-11(13)16)8-10-2-4-15(12)5-3-10/h10H,2-9,12H2,1H3. The van der Waals surface area contributed by atoms with Gasteiger partial charge >= 0.3 is 0 Å². The van der Waals surface area contributed by atoms with Gasteiger partial charge in [0.2, 0.25) is 5.91 Å². The normalized spacial score (nSPS) is 26.4. The van der Waals surface area contributed by atoms with Crippen molar-refractivity contribution in [2.45, 2.75) is 12.8 Å². The molecular formula is C11H22N4O. The fourth-order valence-corrected chi connectivity index (χ4v) is 2.46. The number of carbonyl (C=O) groups is 1. The second-order valence-corrected chi connectivity index (χ2v) is 5.03. The average Bonchev–Trinajstić information content (AvgIpc) is 2.27. The summed E-state index contributed by atoms with van der Waals surface area (Å²) in [7, 11) is 1.88. The third-order valence-corrected chi connectivity index (χ3v) is 3.70. The van der Waals surface area contributed by atoms with E-state index in [4.69, 9.17) is 5.84 Å². The minimum Gasteiger partial charge on any atom is -0.343 e. The number of rotatable bonds is 2. The van der Waals surface area contributed by atoms with Crippen LogP contribution in [0.3, 0.4) is 0 Å². The van der Waals surface area contributed by atoms with Crippen LogP contribution in [-0.2, 0) is 4.79 Å². The van der Waals surface area contributed by atoms with E-state index in [-0.39, 0.29) is 5.91 Å². The lowest BCUT2D eigenvalue weighted by atomic mass is 9.97. The number of likely N-dealkylation sites (N-methyl/N-ethyl adjacent to an activating group) is 1. The molecule has 0 aliphatic carbocycles. The van der Waals surface area contributed by atoms with Crippen LogP contribution in [-0.4, -0.2) is 67.0 Å². The summed E-state index contributed by atoms with van der Waals surface area (Å²) < 4.78 is 0. The highest BCUT2D eigenvalue weighted by Gasteiger charge is 2.25. The third-order valence-electron chi connectivity index (χ3n) is 3.70. The Hall–Kier alpha value is -0.650. The Labute approximate surface area is 97.1 Å². The summed E-state index contributed by atoms with van der Waals surface area (Å²) >= 11 is 0. The molecule has 2 fully saturated rings. The number of nitrogens with two attached hydrogens (primary N) is 1. The number of carbonyl (C=O) groups excluding carboxylic acids is 1. The lowest BCUT2D eigenvalue weighted by molar-refractivity contribution is -0.134. The van der Waals surface area contributed by atoms with Crippen LogP contribution >= 0.6 is 0 Å². The molecular weight excluding hydrogens is 204 g/mol. The van der Waals surface area contributed by atoms with E-state index in [2.05, 4.69) is 4.90 Å². The zero-order valence-corrected chi connectivity index (χ0v) is 10.1. The summed E-state index contributed by atoms with van der Waals surface area (Å²) in [5.41, 5.74) is 0. The molecule has 1 amide bonds. The van der Waals surface area contributed by atoms with Gasteiger partial charge in [0.15, 0.2) is 0 Å². The van der Waals surface area contributed by atoms with Gasteiger partial charge < -0.3 is 4.90 Å². The maximum absolute atomic E-state index is 11.6. The maximum atomic E-state index is 11.6. The lowest BCUT2D eigenvalue weighted by Crippen LogP contribution is -2.50. The van der Waals surface area contributed by atoms with E-state index in [0.29, 0.717) is 6.54 Å². The second-order valence-electron chi connectivity index (χ2n) is 5.03. The quantitative estimate of drug-likeness (QED) is 0.636. The fraction of sp³-hybridized carbons (Fsp3) is 0.909. The van der Waals surface area contributed by atoms with Crippen molar-refractivity contribution in [2.75, 3.05) is 46.3 Å². The fourth-order valence-electron chi connectivity index (χ4n) is 2.46. The predicted octanol–water partition coefficient (Wildman–Crippen LogP) is -0.654. The molecule has 0 unspecified atom stereocenters. The van der Waals surface area contributed by atoms with Gasteiger partial charge in [0.1, 0.15) is 0 Å². The first-order valence-electron chi connectivity index (χ1n) is 6.11. The van der Waals surface area contributed by atoms with Crippen molar-refractivity contribution < 1.29 is 4.79 Å². The summed E-state index contributed by atoms with van der Waals surface area (Å²) in [4.78, 5) is 15.7. The Kier molecular flexibility index (Phi) is 3.78. The third kappa shape index (κ3) is 2.93. The van der Waals surface area contributed by atoms with Crippen LogP contribution in [0.1, 0.15) is 12.8 Å². The molecule has 92 valence electrons. The number of hydrogen-bond acceptors (Lipinski definition) is 4. The van der Waals surface area contributed by atoms with E-state index in [9.17, 15) is 4.79 Å². The number of hydrazine groups is 1. The summed E-state index contributed by atoms with van der Waals surface area (Å²) in [6.45, 7) is 5.53. The number of hydrogen-bond donors (Lipinski definition) is 1. The van der Waals surface area contributed by atoms with Crippen LogP contribution in [0.15, 0.2) is 0 Å². The minimum atomic E-state index is 0.252. The summed E-state index contributed by atoms with van der Waals surface area (Å²) in [5.74, 6) is 6.70. The molecule has 5 nitrogen and oxygen atoms in total. The maximum Gasteiger partial charge on any atom is 0.236 e. The topological polar surface area (TPSA) is 52.8 Å². The number of piperidine rings is 1. The minimum absolute atomic E-state index is 0.252. The van der Waals surface area contributed by atoms with Crippen LogP contribution in [0.25, 0.3) is 0 Å². The molecule has 2 aliphatic rings. The number of amides is 1. The monoisotopic (exact) mass is 226 g/mol. The van der Waals surface area contributed by atoms with E-state index in [0.717, 1.165) is 51.5 Å². The van der Waals surface area contributed by atoms with Crippen molar-refractivity contribution >= 4 is 5.91 Å². The van der Waals surface area contributed by atoms with Gasteiger partial charge in [-0.2, -0.15) is 0 Å². The van der Waals surface area contributed by atoms with Crippen LogP contribution in [0.2, 0.25) is 0 Å². The Morgan fingerprint density at radius 2 is 1.94 bits per heavy atom. The molecule has 0 aromatic heterocycles. The largest absolute Gasteiger partial charge is 0.343 e. The SMILES string of the molecule is CN1CCN(CC2CCN(N)CC2)CC1=O. The molecule has 0 aromatic rings. The van der Waals surface area contributed by atoms with Crippen LogP contribution in [0.5, 0.6) is 0 Å². The highest BCUT2D eigenvalue weighted by atomic mass is 16.2. The van der Waals surface area contributed by atoms with Crippen molar-refractivity contribution in [1.82, 2.24) is 14.8 Å². The summed E-state index contributed by atoms with van der Waals surface area (Å²) in [6.07, 6.45) is 2.33. The molecule has 0 saturated carbocycles. The van der Waals surface area contributed by atoms with Gasteiger partial charge in [-0.05, 0) is 18.8 Å².